The molecule has 148 valence electrons. The molecule has 0 bridgehead atoms. The van der Waals surface area contributed by atoms with Gasteiger partial charge in [0.15, 0.2) is 0 Å². The molecule has 0 aliphatic carbocycles. The molecule has 5 nitrogen and oxygen atoms in total. The lowest BCUT2D eigenvalue weighted by Crippen LogP contribution is -2.12. The van der Waals surface area contributed by atoms with Crippen LogP contribution >= 0.6 is 0 Å². The Kier molecular flexibility index (Phi) is 5.71. The van der Waals surface area contributed by atoms with E-state index in [1.165, 1.54) is 0 Å². The van der Waals surface area contributed by atoms with Crippen LogP contribution in [0.4, 0.5) is 17.1 Å². The Morgan fingerprint density at radius 2 is 1.50 bits per heavy atom. The van der Waals surface area contributed by atoms with Gasteiger partial charge in [-0.3, -0.25) is 9.78 Å². The molecule has 30 heavy (non-hydrogen) atoms. The summed E-state index contributed by atoms with van der Waals surface area (Å²) in [5, 5.41) is 6.23. The monoisotopic (exact) mass is 395 g/mol. The standard InChI is InChI=1S/C25H21N3O2/c1-18-15-22(13-14-26-18)27-20-8-5-7-19(16-20)25(29)28-21-9-6-12-24(17-21)30-23-10-3-2-4-11-23/h2-17H,1H3,(H,26,27)(H,28,29). The second kappa shape index (κ2) is 8.92. The Balaban J connectivity index is 1.46. The molecule has 1 aromatic heterocycles. The fourth-order valence-corrected chi connectivity index (χ4v) is 2.99. The number of anilines is 3. The highest BCUT2D eigenvalue weighted by Crippen LogP contribution is 2.24. The molecular formula is C25H21N3O2. The second-order valence-corrected chi connectivity index (χ2v) is 6.79. The number of pyridine rings is 1. The fourth-order valence-electron chi connectivity index (χ4n) is 2.99. The van der Waals surface area contributed by atoms with E-state index in [9.17, 15) is 4.79 Å². The molecule has 1 amide bonds. The van der Waals surface area contributed by atoms with Crippen molar-refractivity contribution in [2.75, 3.05) is 10.6 Å². The number of nitrogens with one attached hydrogen (secondary N) is 2. The maximum absolute atomic E-state index is 12.8. The molecule has 2 N–H and O–H groups in total. The van der Waals surface area contributed by atoms with E-state index in [4.69, 9.17) is 4.74 Å². The van der Waals surface area contributed by atoms with Gasteiger partial charge in [-0.15, -0.1) is 0 Å². The molecule has 4 rings (SSSR count). The second-order valence-electron chi connectivity index (χ2n) is 6.79. The number of ether oxygens (including phenoxy) is 1. The minimum Gasteiger partial charge on any atom is -0.457 e. The van der Waals surface area contributed by atoms with Gasteiger partial charge in [-0.25, -0.2) is 0 Å². The molecule has 5 heteroatoms. The van der Waals surface area contributed by atoms with E-state index < -0.39 is 0 Å². The number of rotatable bonds is 6. The fraction of sp³-hybridized carbons (Fsp3) is 0.0400. The quantitative estimate of drug-likeness (QED) is 0.409. The van der Waals surface area contributed by atoms with Crippen LogP contribution in [0.1, 0.15) is 16.1 Å². The molecular weight excluding hydrogens is 374 g/mol. The Labute approximate surface area is 175 Å². The van der Waals surface area contributed by atoms with E-state index in [0.29, 0.717) is 17.0 Å². The third kappa shape index (κ3) is 5.02. The van der Waals surface area contributed by atoms with Crippen LogP contribution in [0, 0.1) is 6.92 Å². The van der Waals surface area contributed by atoms with Crippen molar-refractivity contribution in [3.8, 4) is 11.5 Å². The van der Waals surface area contributed by atoms with Crippen molar-refractivity contribution < 1.29 is 9.53 Å². The number of benzene rings is 3. The maximum Gasteiger partial charge on any atom is 0.255 e. The van der Waals surface area contributed by atoms with Crippen LogP contribution in [0.5, 0.6) is 11.5 Å². The predicted molar refractivity (Wildman–Crippen MR) is 120 cm³/mol. The van der Waals surface area contributed by atoms with E-state index in [0.717, 1.165) is 22.8 Å². The number of aryl methyl sites for hydroxylation is 1. The van der Waals surface area contributed by atoms with E-state index in [-0.39, 0.29) is 5.91 Å². The number of carbonyl (C=O) groups is 1. The third-order valence-electron chi connectivity index (χ3n) is 4.38. The van der Waals surface area contributed by atoms with Crippen molar-refractivity contribution in [2.24, 2.45) is 0 Å². The normalized spacial score (nSPS) is 10.3. The Bertz CT molecular complexity index is 1160. The zero-order valence-electron chi connectivity index (χ0n) is 16.5. The highest BCUT2D eigenvalue weighted by atomic mass is 16.5. The Morgan fingerprint density at radius 1 is 0.767 bits per heavy atom. The first kappa shape index (κ1) is 19.2. The Morgan fingerprint density at radius 3 is 2.33 bits per heavy atom. The zero-order valence-corrected chi connectivity index (χ0v) is 16.5. The van der Waals surface area contributed by atoms with Crippen molar-refractivity contribution in [1.29, 1.82) is 0 Å². The van der Waals surface area contributed by atoms with Gasteiger partial charge in [0.2, 0.25) is 0 Å². The van der Waals surface area contributed by atoms with Gasteiger partial charge in [0.25, 0.3) is 5.91 Å². The van der Waals surface area contributed by atoms with Crippen LogP contribution < -0.4 is 15.4 Å². The topological polar surface area (TPSA) is 63.2 Å². The largest absolute Gasteiger partial charge is 0.457 e. The molecule has 0 aliphatic rings. The number of hydrogen-bond donors (Lipinski definition) is 2. The number of para-hydroxylation sites is 1. The molecule has 0 spiro atoms. The van der Waals surface area contributed by atoms with Gasteiger partial charge in [0.1, 0.15) is 11.5 Å². The SMILES string of the molecule is Cc1cc(Nc2cccc(C(=O)Nc3cccc(Oc4ccccc4)c3)c2)ccn1. The summed E-state index contributed by atoms with van der Waals surface area (Å²) >= 11 is 0. The molecule has 4 aromatic rings. The third-order valence-corrected chi connectivity index (χ3v) is 4.38. The van der Waals surface area contributed by atoms with Gasteiger partial charge in [-0.2, -0.15) is 0 Å². The molecule has 3 aromatic carbocycles. The summed E-state index contributed by atoms with van der Waals surface area (Å²) < 4.78 is 5.84. The first-order chi connectivity index (χ1) is 14.7. The number of hydrogen-bond acceptors (Lipinski definition) is 4. The van der Waals surface area contributed by atoms with Gasteiger partial charge in [0, 0.05) is 40.6 Å². The average molecular weight is 395 g/mol. The highest BCUT2D eigenvalue weighted by Gasteiger charge is 2.08. The van der Waals surface area contributed by atoms with E-state index >= 15 is 0 Å². The minimum atomic E-state index is -0.193. The first-order valence-electron chi connectivity index (χ1n) is 9.60. The molecule has 0 saturated carbocycles. The summed E-state index contributed by atoms with van der Waals surface area (Å²) in [4.78, 5) is 16.9. The number of aromatic nitrogens is 1. The van der Waals surface area contributed by atoms with Gasteiger partial charge in [-0.1, -0.05) is 30.3 Å². The lowest BCUT2D eigenvalue weighted by molar-refractivity contribution is 0.102. The predicted octanol–water partition coefficient (Wildman–Crippen LogP) is 6.18. The van der Waals surface area contributed by atoms with Gasteiger partial charge < -0.3 is 15.4 Å². The van der Waals surface area contributed by atoms with Crippen molar-refractivity contribution >= 4 is 23.0 Å². The molecule has 0 saturated heterocycles. The summed E-state index contributed by atoms with van der Waals surface area (Å²) in [6.45, 7) is 1.94. The van der Waals surface area contributed by atoms with Crippen LogP contribution in [-0.2, 0) is 0 Å². The summed E-state index contributed by atoms with van der Waals surface area (Å²) in [5.74, 6) is 1.20. The van der Waals surface area contributed by atoms with E-state index in [2.05, 4.69) is 15.6 Å². The van der Waals surface area contributed by atoms with Crippen LogP contribution in [0.15, 0.2) is 97.2 Å². The number of amides is 1. The number of carbonyl (C=O) groups excluding carboxylic acids is 1. The molecule has 0 fully saturated rings. The van der Waals surface area contributed by atoms with Crippen LogP contribution in [0.25, 0.3) is 0 Å². The van der Waals surface area contributed by atoms with Crippen LogP contribution in [0.3, 0.4) is 0 Å². The lowest BCUT2D eigenvalue weighted by Gasteiger charge is -2.11. The molecule has 0 unspecified atom stereocenters. The van der Waals surface area contributed by atoms with Crippen LogP contribution in [-0.4, -0.2) is 10.9 Å². The van der Waals surface area contributed by atoms with E-state index in [1.807, 2.05) is 85.8 Å². The van der Waals surface area contributed by atoms with Crippen molar-refractivity contribution in [3.63, 3.8) is 0 Å². The molecule has 0 aliphatic heterocycles. The summed E-state index contributed by atoms with van der Waals surface area (Å²) in [6, 6.07) is 28.0. The van der Waals surface area contributed by atoms with Crippen molar-refractivity contribution in [2.45, 2.75) is 6.92 Å². The summed E-state index contributed by atoms with van der Waals surface area (Å²) in [7, 11) is 0. The maximum atomic E-state index is 12.8. The smallest absolute Gasteiger partial charge is 0.255 e. The summed E-state index contributed by atoms with van der Waals surface area (Å²) in [5.41, 5.74) is 3.89. The first-order valence-corrected chi connectivity index (χ1v) is 9.60. The van der Waals surface area contributed by atoms with Crippen LogP contribution in [0.2, 0.25) is 0 Å². The highest BCUT2D eigenvalue weighted by molar-refractivity contribution is 6.05. The molecule has 0 radical (unpaired) electrons. The summed E-state index contributed by atoms with van der Waals surface area (Å²) in [6.07, 6.45) is 1.75. The molecule has 0 atom stereocenters. The minimum absolute atomic E-state index is 0.193. The zero-order chi connectivity index (χ0) is 20.8. The number of nitrogens with zero attached hydrogens (tertiary/aromatic N) is 1. The average Bonchev–Trinajstić information content (AvgIpc) is 2.75. The van der Waals surface area contributed by atoms with Crippen molar-refractivity contribution in [3.05, 3.63) is 108 Å². The van der Waals surface area contributed by atoms with Crippen molar-refractivity contribution in [1.82, 2.24) is 4.98 Å². The van der Waals surface area contributed by atoms with Gasteiger partial charge >= 0.3 is 0 Å². The molecule has 1 heterocycles. The Hall–Kier alpha value is -4.12. The lowest BCUT2D eigenvalue weighted by atomic mass is 10.1. The van der Waals surface area contributed by atoms with Gasteiger partial charge in [-0.05, 0) is 61.5 Å². The van der Waals surface area contributed by atoms with Gasteiger partial charge in [0.05, 0.1) is 0 Å². The van der Waals surface area contributed by atoms with E-state index in [1.54, 1.807) is 18.3 Å².